The Morgan fingerprint density at radius 2 is 2.00 bits per heavy atom. The van der Waals surface area contributed by atoms with Gasteiger partial charge in [-0.15, -0.1) is 0 Å². The lowest BCUT2D eigenvalue weighted by Gasteiger charge is -2.20. The summed E-state index contributed by atoms with van der Waals surface area (Å²) in [5, 5.41) is 25.1. The van der Waals surface area contributed by atoms with E-state index in [1.165, 1.54) is 30.2 Å². The second-order valence-electron chi connectivity index (χ2n) is 7.92. The molecular weight excluding hydrogens is 461 g/mol. The van der Waals surface area contributed by atoms with Crippen LogP contribution in [0.2, 0.25) is 0 Å². The van der Waals surface area contributed by atoms with Gasteiger partial charge in [0.15, 0.2) is 28.4 Å². The zero-order valence-electron chi connectivity index (χ0n) is 17.6. The molecule has 1 saturated carbocycles. The van der Waals surface area contributed by atoms with Crippen molar-refractivity contribution in [3.8, 4) is 0 Å². The van der Waals surface area contributed by atoms with Crippen molar-refractivity contribution >= 4 is 36.6 Å². The van der Waals surface area contributed by atoms with Crippen molar-refractivity contribution in [2.75, 3.05) is 18.5 Å². The molecule has 178 valence electrons. The van der Waals surface area contributed by atoms with Crippen molar-refractivity contribution in [2.45, 2.75) is 74.0 Å². The molecule has 5 N–H and O–H groups in total. The number of imidazole rings is 1. The first-order valence-electron chi connectivity index (χ1n) is 10.6. The average Bonchev–Trinajstić information content (AvgIpc) is 3.28. The summed E-state index contributed by atoms with van der Waals surface area (Å²) in [6, 6.07) is 0. The molecule has 12 nitrogen and oxygen atoms in total. The molecule has 4 rings (SSSR count). The maximum Gasteiger partial charge on any atom is 0.469 e. The van der Waals surface area contributed by atoms with E-state index in [9.17, 15) is 14.8 Å². The van der Waals surface area contributed by atoms with Gasteiger partial charge in [-0.25, -0.2) is 19.5 Å². The van der Waals surface area contributed by atoms with Crippen LogP contribution in [0.1, 0.15) is 45.3 Å². The second-order valence-corrected chi connectivity index (χ2v) is 10.4. The summed E-state index contributed by atoms with van der Waals surface area (Å²) in [7, 11) is -4.75. The minimum Gasteiger partial charge on any atom is -0.387 e. The Balaban J connectivity index is 1.62. The first-order chi connectivity index (χ1) is 15.3. The van der Waals surface area contributed by atoms with Crippen molar-refractivity contribution in [1.29, 1.82) is 0 Å². The number of nitrogens with one attached hydrogen (secondary N) is 1. The number of nitrogens with zero attached hydrogens (tertiary/aromatic N) is 4. The van der Waals surface area contributed by atoms with E-state index < -0.39 is 39.0 Å². The third-order valence-electron chi connectivity index (χ3n) is 5.59. The molecule has 2 fully saturated rings. The molecule has 14 heteroatoms. The molecule has 0 radical (unpaired) electrons. The standard InChI is InChI=1S/C18H28N5O7PS/c1-2-19-15-12-16(22-18(21-15)32-10-6-4-3-5-7-10)23(9-20-12)17-14(25)13(24)11(30-17)8-29-31(26,27)28/h9-11,13-14,17,24-25H,2-8H2,1H3,(H,19,21,22)(H2,26,27,28)/t11-,13-,14-,17-/m1/s1. The number of phosphoric ester groups is 1. The van der Waals surface area contributed by atoms with Crippen molar-refractivity contribution in [1.82, 2.24) is 19.5 Å². The van der Waals surface area contributed by atoms with Gasteiger partial charge in [0.2, 0.25) is 0 Å². The quantitative estimate of drug-likeness (QED) is 0.267. The van der Waals surface area contributed by atoms with E-state index >= 15 is 0 Å². The van der Waals surface area contributed by atoms with Crippen LogP contribution in [0.25, 0.3) is 11.2 Å². The Hall–Kier alpha value is -1.31. The van der Waals surface area contributed by atoms with E-state index in [4.69, 9.17) is 14.5 Å². The number of hydrogen-bond donors (Lipinski definition) is 5. The SMILES string of the molecule is CCNc1nc(SC2CCCCC2)nc2c1ncn2[C@@H]1O[C@H](COP(=O)(O)O)[C@@H](O)[C@H]1O. The van der Waals surface area contributed by atoms with Gasteiger partial charge in [0.05, 0.1) is 12.9 Å². The third-order valence-corrected chi connectivity index (χ3v) is 7.27. The largest absolute Gasteiger partial charge is 0.469 e. The number of aliphatic hydroxyl groups is 2. The summed E-state index contributed by atoms with van der Waals surface area (Å²) >= 11 is 1.62. The lowest BCUT2D eigenvalue weighted by atomic mass is 10.0. The van der Waals surface area contributed by atoms with Gasteiger partial charge in [-0.05, 0) is 19.8 Å². The van der Waals surface area contributed by atoms with Crippen molar-refractivity contribution in [3.05, 3.63) is 6.33 Å². The predicted octanol–water partition coefficient (Wildman–Crippen LogP) is 1.41. The Morgan fingerprint density at radius 1 is 1.25 bits per heavy atom. The van der Waals surface area contributed by atoms with Crippen LogP contribution in [0, 0.1) is 0 Å². The number of fused-ring (bicyclic) bond motifs is 1. The molecule has 2 aromatic rings. The van der Waals surface area contributed by atoms with Gasteiger partial charge in [0, 0.05) is 11.8 Å². The fourth-order valence-electron chi connectivity index (χ4n) is 4.03. The topological polar surface area (TPSA) is 172 Å². The summed E-state index contributed by atoms with van der Waals surface area (Å²) in [5.41, 5.74) is 0.933. The third kappa shape index (κ3) is 5.26. The Morgan fingerprint density at radius 3 is 2.69 bits per heavy atom. The molecule has 1 aliphatic heterocycles. The van der Waals surface area contributed by atoms with Crippen LogP contribution in [0.4, 0.5) is 5.82 Å². The molecule has 0 spiro atoms. The zero-order chi connectivity index (χ0) is 22.9. The lowest BCUT2D eigenvalue weighted by Crippen LogP contribution is -2.33. The van der Waals surface area contributed by atoms with Gasteiger partial charge in [0.1, 0.15) is 18.3 Å². The van der Waals surface area contributed by atoms with Gasteiger partial charge >= 0.3 is 7.82 Å². The number of ether oxygens (including phenoxy) is 1. The van der Waals surface area contributed by atoms with Crippen LogP contribution in [0.3, 0.4) is 0 Å². The molecule has 2 aliphatic rings. The first kappa shape index (κ1) is 23.8. The molecular formula is C18H28N5O7PS. The Kier molecular flexibility index (Phi) is 7.37. The van der Waals surface area contributed by atoms with Gasteiger partial charge in [-0.2, -0.15) is 0 Å². The molecule has 4 atom stereocenters. The van der Waals surface area contributed by atoms with Crippen LogP contribution < -0.4 is 5.32 Å². The maximum atomic E-state index is 11.0. The van der Waals surface area contributed by atoms with Crippen molar-refractivity contribution in [3.63, 3.8) is 0 Å². The number of phosphoric acid groups is 1. The second kappa shape index (κ2) is 9.90. The van der Waals surface area contributed by atoms with Crippen LogP contribution in [-0.4, -0.2) is 76.2 Å². The number of thioether (sulfide) groups is 1. The Bertz CT molecular complexity index is 982. The highest BCUT2D eigenvalue weighted by atomic mass is 32.2. The smallest absolute Gasteiger partial charge is 0.387 e. The highest BCUT2D eigenvalue weighted by molar-refractivity contribution is 7.99. The highest BCUT2D eigenvalue weighted by Gasteiger charge is 2.45. The summed E-state index contributed by atoms with van der Waals surface area (Å²) < 4.78 is 22.6. The molecule has 1 saturated heterocycles. The van der Waals surface area contributed by atoms with Gasteiger partial charge < -0.3 is 30.1 Å². The number of aliphatic hydroxyl groups excluding tert-OH is 2. The van der Waals surface area contributed by atoms with Gasteiger partial charge in [-0.1, -0.05) is 31.0 Å². The van der Waals surface area contributed by atoms with Gasteiger partial charge in [0.25, 0.3) is 0 Å². The highest BCUT2D eigenvalue weighted by Crippen LogP contribution is 2.39. The fraction of sp³-hybridized carbons (Fsp3) is 0.722. The fourth-order valence-corrected chi connectivity index (χ4v) is 5.52. The molecule has 32 heavy (non-hydrogen) atoms. The van der Waals surface area contributed by atoms with Crippen molar-refractivity contribution < 1.29 is 33.8 Å². The van der Waals surface area contributed by atoms with Crippen LogP contribution in [0.15, 0.2) is 11.5 Å². The Labute approximate surface area is 189 Å². The summed E-state index contributed by atoms with van der Waals surface area (Å²) in [4.78, 5) is 31.5. The average molecular weight is 489 g/mol. The molecule has 1 aliphatic carbocycles. The van der Waals surface area contributed by atoms with E-state index in [2.05, 4.69) is 24.8 Å². The maximum absolute atomic E-state index is 11.0. The first-order valence-corrected chi connectivity index (χ1v) is 13.0. The number of anilines is 1. The van der Waals surface area contributed by atoms with Crippen LogP contribution >= 0.6 is 19.6 Å². The van der Waals surface area contributed by atoms with E-state index in [1.54, 1.807) is 11.8 Å². The van der Waals surface area contributed by atoms with E-state index in [0.29, 0.717) is 33.9 Å². The van der Waals surface area contributed by atoms with Gasteiger partial charge in [-0.3, -0.25) is 9.09 Å². The number of rotatable bonds is 8. The van der Waals surface area contributed by atoms with E-state index in [0.717, 1.165) is 12.8 Å². The van der Waals surface area contributed by atoms with E-state index in [1.807, 2.05) is 6.92 Å². The molecule has 0 bridgehead atoms. The summed E-state index contributed by atoms with van der Waals surface area (Å²) in [6.07, 6.45) is 2.33. The van der Waals surface area contributed by atoms with Crippen LogP contribution in [-0.2, 0) is 13.8 Å². The minimum atomic E-state index is -4.75. The van der Waals surface area contributed by atoms with E-state index in [-0.39, 0.29) is 0 Å². The number of hydrogen-bond acceptors (Lipinski definition) is 10. The van der Waals surface area contributed by atoms with Crippen LogP contribution in [0.5, 0.6) is 0 Å². The molecule has 2 aromatic heterocycles. The predicted molar refractivity (Wildman–Crippen MR) is 116 cm³/mol. The normalized spacial score (nSPS) is 27.3. The molecule has 3 heterocycles. The zero-order valence-corrected chi connectivity index (χ0v) is 19.3. The lowest BCUT2D eigenvalue weighted by molar-refractivity contribution is -0.0504. The number of aromatic nitrogens is 4. The summed E-state index contributed by atoms with van der Waals surface area (Å²) in [6.45, 7) is 2.01. The van der Waals surface area contributed by atoms with Crippen molar-refractivity contribution in [2.24, 2.45) is 0 Å². The molecule has 0 amide bonds. The summed E-state index contributed by atoms with van der Waals surface area (Å²) in [5.74, 6) is 0.573. The molecule has 0 unspecified atom stereocenters. The minimum absolute atomic E-state index is 0.432. The molecule has 0 aromatic carbocycles. The monoisotopic (exact) mass is 489 g/mol.